The number of benzene rings is 4. The molecule has 0 radical (unpaired) electrons. The lowest BCUT2D eigenvalue weighted by atomic mass is 9.12. The maximum Gasteiger partial charge on any atom is 0.0464 e. The van der Waals surface area contributed by atoms with Gasteiger partial charge in [-0.05, 0) is 82.9 Å². The molecule has 4 fully saturated rings. The van der Waals surface area contributed by atoms with Gasteiger partial charge in [0.25, 0.3) is 0 Å². The molecule has 4 aliphatic rings. The molecule has 0 amide bonds. The summed E-state index contributed by atoms with van der Waals surface area (Å²) < 4.78 is 0. The van der Waals surface area contributed by atoms with Gasteiger partial charge in [0, 0.05) is 22.4 Å². The van der Waals surface area contributed by atoms with Crippen LogP contribution in [0.5, 0.6) is 0 Å². The first-order chi connectivity index (χ1) is 15.8. The molecule has 2 unspecified atom stereocenters. The molecule has 1 heteroatoms. The molecule has 4 aromatic carbocycles. The molecule has 2 atom stereocenters. The van der Waals surface area contributed by atoms with Crippen molar-refractivity contribution < 1.29 is 0 Å². The van der Waals surface area contributed by atoms with E-state index in [1.54, 1.807) is 5.56 Å². The topological polar surface area (TPSA) is 12.0 Å². The van der Waals surface area contributed by atoms with Gasteiger partial charge in [0.1, 0.15) is 0 Å². The van der Waals surface area contributed by atoms with E-state index in [-0.39, 0.29) is 0 Å². The van der Waals surface area contributed by atoms with Gasteiger partial charge in [-0.15, -0.1) is 0 Å². The molecular formula is C31H27N. The van der Waals surface area contributed by atoms with Crippen molar-refractivity contribution in [3.8, 4) is 11.1 Å². The molecule has 0 bridgehead atoms. The van der Waals surface area contributed by atoms with Crippen LogP contribution in [0.15, 0.2) is 91.0 Å². The lowest BCUT2D eigenvalue weighted by Gasteiger charge is -2.91. The van der Waals surface area contributed by atoms with E-state index < -0.39 is 0 Å². The molecule has 4 aromatic rings. The second-order valence-electron chi connectivity index (χ2n) is 10.7. The second-order valence-corrected chi connectivity index (χ2v) is 10.7. The van der Waals surface area contributed by atoms with Crippen molar-refractivity contribution in [3.05, 3.63) is 96.6 Å². The first-order valence-electron chi connectivity index (χ1n) is 12.2. The van der Waals surface area contributed by atoms with Gasteiger partial charge in [0.15, 0.2) is 0 Å². The summed E-state index contributed by atoms with van der Waals surface area (Å²) in [6, 6.07) is 33.4. The number of anilines is 2. The van der Waals surface area contributed by atoms with Gasteiger partial charge in [0.05, 0.1) is 0 Å². The summed E-state index contributed by atoms with van der Waals surface area (Å²) >= 11 is 0. The maximum absolute atomic E-state index is 3.92. The van der Waals surface area contributed by atoms with Crippen molar-refractivity contribution in [1.82, 2.24) is 0 Å². The summed E-state index contributed by atoms with van der Waals surface area (Å²) in [6.07, 6.45) is 5.86. The third-order valence-electron chi connectivity index (χ3n) is 9.90. The second kappa shape index (κ2) is 5.84. The first-order valence-corrected chi connectivity index (χ1v) is 12.2. The molecule has 0 aromatic heterocycles. The smallest absolute Gasteiger partial charge is 0.0464 e. The number of rotatable bonds is 4. The van der Waals surface area contributed by atoms with Gasteiger partial charge in [-0.1, -0.05) is 78.9 Å². The number of nitrogens with one attached hydrogen (secondary N) is 1. The molecule has 0 saturated heterocycles. The summed E-state index contributed by atoms with van der Waals surface area (Å²) in [4.78, 5) is 0. The number of para-hydroxylation sites is 2. The lowest BCUT2D eigenvalue weighted by molar-refractivity contribution is -0.395. The largest absolute Gasteiger partial charge is 0.355 e. The molecular weight excluding hydrogens is 386 g/mol. The predicted molar refractivity (Wildman–Crippen MR) is 132 cm³/mol. The van der Waals surface area contributed by atoms with Crippen LogP contribution in [0.2, 0.25) is 0 Å². The highest BCUT2D eigenvalue weighted by Gasteiger charge is 2.87. The fourth-order valence-electron chi connectivity index (χ4n) is 8.83. The third kappa shape index (κ3) is 1.85. The van der Waals surface area contributed by atoms with Crippen LogP contribution in [0.4, 0.5) is 11.4 Å². The molecule has 32 heavy (non-hydrogen) atoms. The standard InChI is InChI=1S/C31H27N/c1-2-10-24-20(8-1)9-7-12-25(24)26-11-3-5-14-28(26)32-29-15-6-4-13-27(29)30-18-22-16-21-17-23(19-30)31(21,22)30/h1-15,21-23,32H,16-19H2. The highest BCUT2D eigenvalue weighted by molar-refractivity contribution is 6.00. The summed E-state index contributed by atoms with van der Waals surface area (Å²) in [5.74, 6) is 3.07. The Morgan fingerprint density at radius 1 is 0.594 bits per heavy atom. The monoisotopic (exact) mass is 413 g/mol. The van der Waals surface area contributed by atoms with Crippen LogP contribution in [0.25, 0.3) is 21.9 Å². The zero-order valence-corrected chi connectivity index (χ0v) is 18.2. The van der Waals surface area contributed by atoms with Crippen LogP contribution < -0.4 is 5.32 Å². The van der Waals surface area contributed by atoms with Crippen LogP contribution in [-0.2, 0) is 5.41 Å². The SMILES string of the molecule is c1ccc(-c2cccc3ccccc23)c(Nc2ccccc2C23CC4CC5CC(C2)C543)c1. The van der Waals surface area contributed by atoms with E-state index in [2.05, 4.69) is 96.3 Å². The molecule has 1 N–H and O–H groups in total. The Morgan fingerprint density at radius 2 is 1.25 bits per heavy atom. The van der Waals surface area contributed by atoms with Crippen LogP contribution >= 0.6 is 0 Å². The van der Waals surface area contributed by atoms with Crippen molar-refractivity contribution >= 4 is 22.1 Å². The molecule has 1 spiro atoms. The quantitative estimate of drug-likeness (QED) is 0.358. The molecule has 4 aliphatic carbocycles. The van der Waals surface area contributed by atoms with E-state index in [1.807, 2.05) is 0 Å². The first kappa shape index (κ1) is 17.5. The Kier molecular flexibility index (Phi) is 3.19. The van der Waals surface area contributed by atoms with E-state index >= 15 is 0 Å². The number of fused-ring (bicyclic) bond motifs is 1. The van der Waals surface area contributed by atoms with Gasteiger partial charge in [-0.2, -0.15) is 0 Å². The Labute approximate surface area is 189 Å². The molecule has 1 nitrogen and oxygen atoms in total. The van der Waals surface area contributed by atoms with Crippen molar-refractivity contribution in [1.29, 1.82) is 0 Å². The lowest BCUT2D eigenvalue weighted by Crippen LogP contribution is -2.87. The van der Waals surface area contributed by atoms with Crippen LogP contribution in [0, 0.1) is 23.2 Å². The van der Waals surface area contributed by atoms with E-state index in [1.165, 1.54) is 59.0 Å². The maximum atomic E-state index is 3.92. The molecule has 0 heterocycles. The summed E-state index contributed by atoms with van der Waals surface area (Å²) in [5.41, 5.74) is 7.84. The molecule has 156 valence electrons. The summed E-state index contributed by atoms with van der Waals surface area (Å²) in [7, 11) is 0. The van der Waals surface area contributed by atoms with Gasteiger partial charge < -0.3 is 5.32 Å². The minimum absolute atomic E-state index is 0.460. The highest BCUT2D eigenvalue weighted by Crippen LogP contribution is 2.93. The summed E-state index contributed by atoms with van der Waals surface area (Å²) in [6.45, 7) is 0. The minimum Gasteiger partial charge on any atom is -0.355 e. The molecule has 0 aliphatic heterocycles. The Hall–Kier alpha value is -3.06. The van der Waals surface area contributed by atoms with Crippen LogP contribution in [-0.4, -0.2) is 0 Å². The predicted octanol–water partition coefficient (Wildman–Crippen LogP) is 7.94. The molecule has 4 saturated carbocycles. The summed E-state index contributed by atoms with van der Waals surface area (Å²) in [5, 5.41) is 6.52. The Morgan fingerprint density at radius 3 is 2.06 bits per heavy atom. The normalized spacial score (nSPS) is 33.1. The Bertz CT molecular complexity index is 1370. The zero-order valence-electron chi connectivity index (χ0n) is 18.2. The average molecular weight is 414 g/mol. The van der Waals surface area contributed by atoms with Crippen molar-refractivity contribution in [2.24, 2.45) is 23.2 Å². The highest BCUT2D eigenvalue weighted by atomic mass is 14.9. The van der Waals surface area contributed by atoms with Gasteiger partial charge >= 0.3 is 0 Å². The number of hydrogen-bond acceptors (Lipinski definition) is 1. The van der Waals surface area contributed by atoms with Gasteiger partial charge in [-0.3, -0.25) is 0 Å². The van der Waals surface area contributed by atoms with Crippen LogP contribution in [0.3, 0.4) is 0 Å². The fourth-order valence-corrected chi connectivity index (χ4v) is 8.83. The molecule has 8 rings (SSSR count). The average Bonchev–Trinajstić information content (AvgIpc) is 2.78. The van der Waals surface area contributed by atoms with Crippen molar-refractivity contribution in [2.45, 2.75) is 31.1 Å². The zero-order chi connectivity index (χ0) is 20.9. The fraction of sp³-hybridized carbons (Fsp3) is 0.290. The van der Waals surface area contributed by atoms with Gasteiger partial charge in [-0.25, -0.2) is 0 Å². The van der Waals surface area contributed by atoms with Crippen molar-refractivity contribution in [2.75, 3.05) is 5.32 Å². The van der Waals surface area contributed by atoms with E-state index in [0.717, 1.165) is 17.8 Å². The van der Waals surface area contributed by atoms with Crippen LogP contribution in [0.1, 0.15) is 31.2 Å². The Balaban J connectivity index is 1.23. The number of hydrogen-bond donors (Lipinski definition) is 1. The minimum atomic E-state index is 0.460. The van der Waals surface area contributed by atoms with Crippen molar-refractivity contribution in [3.63, 3.8) is 0 Å². The third-order valence-corrected chi connectivity index (χ3v) is 9.90. The van der Waals surface area contributed by atoms with E-state index in [4.69, 9.17) is 0 Å². The van der Waals surface area contributed by atoms with E-state index in [0.29, 0.717) is 10.8 Å². The van der Waals surface area contributed by atoms with E-state index in [9.17, 15) is 0 Å². The van der Waals surface area contributed by atoms with Gasteiger partial charge in [0.2, 0.25) is 0 Å².